The number of anilines is 1. The summed E-state index contributed by atoms with van der Waals surface area (Å²) in [4.78, 5) is 23.8. The Kier molecular flexibility index (Phi) is 17.9. The Morgan fingerprint density at radius 3 is 1.48 bits per heavy atom. The number of fused-ring (bicyclic) bond motifs is 10. The fraction of sp³-hybridized carbons (Fsp3) is 0.852. The molecule has 0 bridgehead atoms. The van der Waals surface area contributed by atoms with Gasteiger partial charge in [0, 0.05) is 31.4 Å². The summed E-state index contributed by atoms with van der Waals surface area (Å²) in [5.41, 5.74) is -0.821. The van der Waals surface area contributed by atoms with Crippen molar-refractivity contribution in [3.63, 3.8) is 0 Å². The molecule has 7 N–H and O–H groups in total. The van der Waals surface area contributed by atoms with Gasteiger partial charge in [0.25, 0.3) is 11.8 Å². The molecule has 0 radical (unpaired) electrons. The number of nitrogens with one attached hydrogen (secondary N) is 1. The Balaban J connectivity index is 0.000000233. The minimum absolute atomic E-state index is 0. The second-order valence-electron chi connectivity index (χ2n) is 25.1. The first-order valence-corrected chi connectivity index (χ1v) is 27.4. The third-order valence-electron chi connectivity index (χ3n) is 21.9. The number of aliphatic carboxylic acids is 1. The summed E-state index contributed by atoms with van der Waals surface area (Å²) in [6.07, 6.45) is 5.61. The van der Waals surface area contributed by atoms with Gasteiger partial charge in [-0.2, -0.15) is 0 Å². The standard InChI is InChI=1S/C30H42F2NO5S.C24H38F2O4.Na.H2O/c1-17(8-11-26(36)33-22-6-4-5-7-24(22)39(37)38)19-9-10-20-27-21(12-13-28(19,20)2)29(3)16-30(31,32)25(35)15-18(29)14-23(27)34;1-13(4-7-20(29)30)15-5-6-16-21-17(8-9-22(15,16)2)23(3)12-24(25,26)19(28)11-14(23)10-18(21)27;;/h4-7,17-21,23,25,27,34-35H,8-16H2,1-3H3,(H,33,36);13-19,21,27-28H,4-12H2,1-3H3,(H,29,30);;1H2/q-1;;+1;/p-1/t17-,18-,19-,20?,21?,23+,25-,27?,28-,29+;13-,14-,15-,16?,17?,18+,19-,21?,22-,23+;;/m11../s1. The molecule has 8 fully saturated rings. The van der Waals surface area contributed by atoms with Crippen molar-refractivity contribution in [2.75, 3.05) is 5.32 Å². The number of carbonyl (C=O) groups is 2. The van der Waals surface area contributed by atoms with Crippen LogP contribution in [0.2, 0.25) is 0 Å². The molecule has 71 heavy (non-hydrogen) atoms. The van der Waals surface area contributed by atoms with Crippen molar-refractivity contribution >= 4 is 28.3 Å². The molecule has 11 nitrogen and oxygen atoms in total. The van der Waals surface area contributed by atoms with Gasteiger partial charge in [0.1, 0.15) is 12.2 Å². The van der Waals surface area contributed by atoms with Crippen LogP contribution in [0.15, 0.2) is 29.2 Å². The van der Waals surface area contributed by atoms with Gasteiger partial charge in [-0.15, -0.1) is 0 Å². The van der Waals surface area contributed by atoms with Gasteiger partial charge in [0.05, 0.1) is 12.2 Å². The van der Waals surface area contributed by atoms with Crippen molar-refractivity contribution in [1.82, 2.24) is 0 Å². The van der Waals surface area contributed by atoms with Gasteiger partial charge < -0.3 is 44.7 Å². The van der Waals surface area contributed by atoms with E-state index in [1.165, 1.54) is 6.07 Å². The summed E-state index contributed by atoms with van der Waals surface area (Å²) in [7, 11) is -2.44. The van der Waals surface area contributed by atoms with E-state index >= 15 is 0 Å². The minimum atomic E-state index is -3.09. The van der Waals surface area contributed by atoms with Crippen molar-refractivity contribution in [3.8, 4) is 0 Å². The summed E-state index contributed by atoms with van der Waals surface area (Å²) in [5.74, 6) is -5.23. The molecule has 0 saturated heterocycles. The number of rotatable bonds is 10. The molecule has 1 amide bonds. The Morgan fingerprint density at radius 1 is 0.648 bits per heavy atom. The summed E-state index contributed by atoms with van der Waals surface area (Å²) < 4.78 is 81.6. The van der Waals surface area contributed by atoms with E-state index in [9.17, 15) is 56.0 Å². The molecule has 0 heterocycles. The monoisotopic (exact) mass is 1030 g/mol. The van der Waals surface area contributed by atoms with Crippen LogP contribution in [0.3, 0.4) is 0 Å². The number of hydrogen-bond acceptors (Lipinski definition) is 10. The van der Waals surface area contributed by atoms with Crippen LogP contribution < -0.4 is 34.9 Å². The van der Waals surface area contributed by atoms with Gasteiger partial charge in [-0.3, -0.25) is 9.59 Å². The molecule has 1 aromatic carbocycles. The van der Waals surface area contributed by atoms with Crippen LogP contribution in [0.4, 0.5) is 23.2 Å². The van der Waals surface area contributed by atoms with E-state index in [1.807, 2.05) is 13.8 Å². The molecular weight excluding hydrogens is 954 g/mol. The number of halogens is 4. The molecule has 1 aromatic rings. The summed E-state index contributed by atoms with van der Waals surface area (Å²) in [6.45, 7) is 12.9. The van der Waals surface area contributed by atoms with E-state index in [0.717, 1.165) is 51.4 Å². The Labute approximate surface area is 442 Å². The summed E-state index contributed by atoms with van der Waals surface area (Å²) in [6, 6.07) is 6.33. The largest absolute Gasteiger partial charge is 1.00 e. The molecule has 6 unspecified atom stereocenters. The predicted octanol–water partition coefficient (Wildman–Crippen LogP) is 7.50. The first-order valence-electron chi connectivity index (χ1n) is 26.4. The van der Waals surface area contributed by atoms with E-state index < -0.39 is 63.8 Å². The number of carboxylic acids is 1. The number of carbonyl (C=O) groups excluding carboxylic acids is 1. The van der Waals surface area contributed by atoms with Gasteiger partial charge in [-0.05, 0) is 199 Å². The zero-order valence-electron chi connectivity index (χ0n) is 43.0. The SMILES string of the molecule is C[C@H](CCC(=O)Nc1ccccc1[S-](=O)=O)[C@H]1CCC2C3C(CC[C@@]21C)[C@@]1(C)CC(F)(F)[C@H](O)C[C@H]1C[C@@H]3O.C[C@H](CCC(=O)O)[C@H]1CCC2C3C(CC[C@@]21C)[C@@]1(C)CC(F)(F)[C@H](O)C[C@H]1C[C@@H]3O.[Na+].[OH-]. The van der Waals surface area contributed by atoms with Crippen LogP contribution in [0.5, 0.6) is 0 Å². The molecule has 9 rings (SSSR count). The number of para-hydroxylation sites is 1. The van der Waals surface area contributed by atoms with Gasteiger partial charge in [0.15, 0.2) is 0 Å². The van der Waals surface area contributed by atoms with Gasteiger partial charge in [-0.1, -0.05) is 64.6 Å². The number of hydrogen-bond donors (Lipinski definition) is 6. The number of alkyl halides is 4. The number of amides is 1. The van der Waals surface area contributed by atoms with Gasteiger partial charge >= 0.3 is 35.5 Å². The van der Waals surface area contributed by atoms with Gasteiger partial charge in [0.2, 0.25) is 5.91 Å². The van der Waals surface area contributed by atoms with Crippen LogP contribution in [-0.2, 0) is 28.7 Å². The molecule has 0 spiro atoms. The third kappa shape index (κ3) is 10.6. The Hall–Kier alpha value is -1.37. The fourth-order valence-electron chi connectivity index (χ4n) is 18.5. The van der Waals surface area contributed by atoms with E-state index in [1.54, 1.807) is 18.2 Å². The van der Waals surface area contributed by atoms with Crippen LogP contribution in [0.25, 0.3) is 0 Å². The van der Waals surface area contributed by atoms with Gasteiger partial charge in [-0.25, -0.2) is 17.6 Å². The molecule has 17 heteroatoms. The summed E-state index contributed by atoms with van der Waals surface area (Å²) >= 11 is 0. The predicted molar refractivity (Wildman–Crippen MR) is 254 cm³/mol. The maximum Gasteiger partial charge on any atom is 1.00 e. The van der Waals surface area contributed by atoms with Crippen molar-refractivity contribution in [2.24, 2.45) is 92.7 Å². The molecule has 398 valence electrons. The van der Waals surface area contributed by atoms with E-state index in [4.69, 9.17) is 5.11 Å². The zero-order valence-corrected chi connectivity index (χ0v) is 45.8. The Bertz CT molecular complexity index is 2150. The number of aliphatic hydroxyl groups is 4. The molecule has 0 aromatic heterocycles. The van der Waals surface area contributed by atoms with Crippen molar-refractivity contribution in [1.29, 1.82) is 0 Å². The summed E-state index contributed by atoms with van der Waals surface area (Å²) in [5, 5.41) is 54.4. The second-order valence-corrected chi connectivity index (χ2v) is 26.0. The average Bonchev–Trinajstić information content (AvgIpc) is 3.81. The normalized spacial score (nSPS) is 44.4. The molecular formula is C54H81F4NNaO10S-. The first-order chi connectivity index (χ1) is 32.2. The molecule has 20 atom stereocenters. The van der Waals surface area contributed by atoms with Crippen LogP contribution in [0, 0.1) is 92.7 Å². The average molecular weight is 1040 g/mol. The minimum Gasteiger partial charge on any atom is -0.870 e. The number of benzene rings is 1. The molecule has 0 aliphatic heterocycles. The first kappa shape index (κ1) is 58.9. The molecule has 8 aliphatic carbocycles. The molecule has 8 aliphatic rings. The van der Waals surface area contributed by atoms with E-state index in [2.05, 4.69) is 33.0 Å². The van der Waals surface area contributed by atoms with Crippen molar-refractivity contribution in [2.45, 2.75) is 198 Å². The number of carboxylic acid groups (broad SMARTS) is 1. The third-order valence-corrected chi connectivity index (χ3v) is 22.6. The van der Waals surface area contributed by atoms with Crippen LogP contribution in [0.1, 0.15) is 157 Å². The molecule has 8 saturated carbocycles. The van der Waals surface area contributed by atoms with Crippen LogP contribution in [-0.4, -0.2) is 79.1 Å². The topological polar surface area (TPSA) is 211 Å². The quantitative estimate of drug-likeness (QED) is 0.0772. The maximum atomic E-state index is 14.8. The smallest absolute Gasteiger partial charge is 0.870 e. The van der Waals surface area contributed by atoms with Crippen molar-refractivity contribution in [3.05, 3.63) is 24.3 Å². The van der Waals surface area contributed by atoms with E-state index in [-0.39, 0.29) is 148 Å². The zero-order chi connectivity index (χ0) is 50.4. The Morgan fingerprint density at radius 2 is 1.06 bits per heavy atom. The van der Waals surface area contributed by atoms with Crippen LogP contribution >= 0.6 is 0 Å². The fourth-order valence-corrected chi connectivity index (χ4v) is 18.9. The van der Waals surface area contributed by atoms with E-state index in [0.29, 0.717) is 49.4 Å². The maximum absolute atomic E-state index is 14.8. The van der Waals surface area contributed by atoms with Crippen molar-refractivity contribution < 1.29 is 96.1 Å². The second kappa shape index (κ2) is 21.6. The number of aliphatic hydroxyl groups excluding tert-OH is 4.